The van der Waals surface area contributed by atoms with Crippen LogP contribution in [-0.4, -0.2) is 45.6 Å². The van der Waals surface area contributed by atoms with E-state index in [1.165, 1.54) is 12.1 Å². The summed E-state index contributed by atoms with van der Waals surface area (Å²) in [5.74, 6) is 1.21. The van der Waals surface area contributed by atoms with Crippen LogP contribution in [0, 0.1) is 12.7 Å². The van der Waals surface area contributed by atoms with Crippen molar-refractivity contribution in [3.63, 3.8) is 0 Å². The van der Waals surface area contributed by atoms with E-state index in [0.717, 1.165) is 22.7 Å². The van der Waals surface area contributed by atoms with Gasteiger partial charge in [-0.25, -0.2) is 9.07 Å². The van der Waals surface area contributed by atoms with Gasteiger partial charge >= 0.3 is 0 Å². The van der Waals surface area contributed by atoms with Crippen molar-refractivity contribution < 1.29 is 23.4 Å². The molecule has 4 rings (SSSR count). The van der Waals surface area contributed by atoms with Crippen molar-refractivity contribution in [2.75, 3.05) is 19.8 Å². The van der Waals surface area contributed by atoms with Crippen LogP contribution in [0.15, 0.2) is 90.1 Å². The highest BCUT2D eigenvalue weighted by Crippen LogP contribution is 2.32. The van der Waals surface area contributed by atoms with Crippen LogP contribution in [0.5, 0.6) is 11.6 Å². The lowest BCUT2D eigenvalue weighted by Gasteiger charge is -2.24. The molecule has 0 aliphatic heterocycles. The van der Waals surface area contributed by atoms with Crippen molar-refractivity contribution in [3.8, 4) is 17.3 Å². The molecule has 1 N–H and O–H groups in total. The van der Waals surface area contributed by atoms with Gasteiger partial charge in [-0.1, -0.05) is 30.3 Å². The van der Waals surface area contributed by atoms with Crippen molar-refractivity contribution in [3.05, 3.63) is 108 Å². The van der Waals surface area contributed by atoms with E-state index in [1.807, 2.05) is 54.3 Å². The Morgan fingerprint density at radius 2 is 1.97 bits per heavy atom. The molecule has 0 unspecified atom stereocenters. The third kappa shape index (κ3) is 6.69. The molecule has 0 saturated heterocycles. The maximum Gasteiger partial charge on any atom is 0.227 e. The number of para-hydroxylation sites is 1. The Balaban J connectivity index is 1.67. The Kier molecular flexibility index (Phi) is 8.67. The number of aryl methyl sites for hydroxylation is 1. The molecule has 1 atom stereocenters. The quantitative estimate of drug-likeness (QED) is 0.203. The van der Waals surface area contributed by atoms with E-state index >= 15 is 0 Å². The number of furan rings is 1. The lowest BCUT2D eigenvalue weighted by atomic mass is 10.2. The summed E-state index contributed by atoms with van der Waals surface area (Å²) >= 11 is 0. The number of hydrogen-bond acceptors (Lipinski definition) is 6. The molecule has 7 nitrogen and oxygen atoms in total. The van der Waals surface area contributed by atoms with Crippen LogP contribution in [0.1, 0.15) is 17.0 Å². The molecule has 2 heterocycles. The fourth-order valence-corrected chi connectivity index (χ4v) is 3.88. The fraction of sp³-hybridized carbons (Fsp3) is 0.250. The van der Waals surface area contributed by atoms with Crippen LogP contribution < -0.4 is 4.74 Å². The van der Waals surface area contributed by atoms with Gasteiger partial charge in [0.05, 0.1) is 49.1 Å². The van der Waals surface area contributed by atoms with Crippen molar-refractivity contribution in [1.82, 2.24) is 14.7 Å². The molecule has 0 fully saturated rings. The van der Waals surface area contributed by atoms with Gasteiger partial charge in [0.1, 0.15) is 17.3 Å². The zero-order valence-electron chi connectivity index (χ0n) is 20.2. The SMILES string of the molecule is C=CCOC[C@@H](O)CN(Cc1ccco1)Cc1c(C)nn(-c2ccccc2)c1Oc1cccc(F)c1. The van der Waals surface area contributed by atoms with Gasteiger partial charge in [-0.3, -0.25) is 4.90 Å². The highest BCUT2D eigenvalue weighted by molar-refractivity contribution is 5.43. The number of nitrogens with zero attached hydrogens (tertiary/aromatic N) is 3. The molecule has 2 aromatic heterocycles. The normalized spacial score (nSPS) is 12.1. The predicted octanol–water partition coefficient (Wildman–Crippen LogP) is 5.27. The second-order valence-electron chi connectivity index (χ2n) is 8.40. The Hall–Kier alpha value is -3.72. The van der Waals surface area contributed by atoms with Crippen molar-refractivity contribution in [1.29, 1.82) is 0 Å². The molecule has 0 aliphatic carbocycles. The second kappa shape index (κ2) is 12.3. The fourth-order valence-electron chi connectivity index (χ4n) is 3.88. The number of rotatable bonds is 13. The zero-order chi connectivity index (χ0) is 25.3. The van der Waals surface area contributed by atoms with Crippen LogP contribution >= 0.6 is 0 Å². The Bertz CT molecular complexity index is 1240. The van der Waals surface area contributed by atoms with E-state index in [2.05, 4.69) is 6.58 Å². The Labute approximate surface area is 210 Å². The minimum Gasteiger partial charge on any atom is -0.468 e. The van der Waals surface area contributed by atoms with Crippen LogP contribution in [0.25, 0.3) is 5.69 Å². The van der Waals surface area contributed by atoms with Gasteiger partial charge in [0.15, 0.2) is 0 Å². The molecule has 0 radical (unpaired) electrons. The van der Waals surface area contributed by atoms with Crippen molar-refractivity contribution in [2.45, 2.75) is 26.1 Å². The van der Waals surface area contributed by atoms with Crippen molar-refractivity contribution in [2.24, 2.45) is 0 Å². The molecule has 0 bridgehead atoms. The monoisotopic (exact) mass is 491 g/mol. The van der Waals surface area contributed by atoms with Crippen LogP contribution in [0.4, 0.5) is 4.39 Å². The van der Waals surface area contributed by atoms with E-state index in [1.54, 1.807) is 29.2 Å². The van der Waals surface area contributed by atoms with E-state index in [9.17, 15) is 9.50 Å². The maximum absolute atomic E-state index is 13.9. The molecular weight excluding hydrogens is 461 g/mol. The predicted molar refractivity (Wildman–Crippen MR) is 135 cm³/mol. The number of hydrogen-bond donors (Lipinski definition) is 1. The molecule has 188 valence electrons. The number of aliphatic hydroxyl groups excluding tert-OH is 1. The second-order valence-corrected chi connectivity index (χ2v) is 8.40. The molecule has 0 amide bonds. The standard InChI is InChI=1S/C28H30FN3O4/c1-3-14-34-20-24(33)17-31(18-26-13-8-15-35-26)19-27-21(2)30-32(23-10-5-4-6-11-23)28(27)36-25-12-7-9-22(29)16-25/h3-13,15-16,24,33H,1,14,17-20H2,2H3/t24-/m0/s1. The van der Waals surface area contributed by atoms with Gasteiger partial charge in [0, 0.05) is 19.2 Å². The molecule has 2 aromatic carbocycles. The third-order valence-corrected chi connectivity index (χ3v) is 5.50. The smallest absolute Gasteiger partial charge is 0.227 e. The summed E-state index contributed by atoms with van der Waals surface area (Å²) in [4.78, 5) is 2.04. The van der Waals surface area contributed by atoms with Gasteiger partial charge in [0.2, 0.25) is 5.88 Å². The van der Waals surface area contributed by atoms with E-state index in [4.69, 9.17) is 19.0 Å². The summed E-state index contributed by atoms with van der Waals surface area (Å²) in [7, 11) is 0. The summed E-state index contributed by atoms with van der Waals surface area (Å²) in [6.07, 6.45) is 2.54. The first-order chi connectivity index (χ1) is 17.5. The van der Waals surface area contributed by atoms with E-state index in [-0.39, 0.29) is 6.61 Å². The lowest BCUT2D eigenvalue weighted by Crippen LogP contribution is -2.34. The lowest BCUT2D eigenvalue weighted by molar-refractivity contribution is 0.0214. The first kappa shape index (κ1) is 25.4. The van der Waals surface area contributed by atoms with E-state index < -0.39 is 11.9 Å². The molecule has 4 aromatic rings. The number of halogens is 1. The van der Waals surface area contributed by atoms with Gasteiger partial charge in [-0.2, -0.15) is 5.10 Å². The summed E-state index contributed by atoms with van der Waals surface area (Å²) in [5.41, 5.74) is 2.38. The average Bonchev–Trinajstić information content (AvgIpc) is 3.48. The Morgan fingerprint density at radius 1 is 1.14 bits per heavy atom. The number of benzene rings is 2. The van der Waals surface area contributed by atoms with Crippen LogP contribution in [0.3, 0.4) is 0 Å². The largest absolute Gasteiger partial charge is 0.468 e. The van der Waals surface area contributed by atoms with Gasteiger partial charge in [-0.05, 0) is 43.3 Å². The topological polar surface area (TPSA) is 72.9 Å². The average molecular weight is 492 g/mol. The summed E-state index contributed by atoms with van der Waals surface area (Å²) in [6, 6.07) is 19.3. The number of ether oxygens (including phenoxy) is 2. The highest BCUT2D eigenvalue weighted by atomic mass is 19.1. The summed E-state index contributed by atoms with van der Waals surface area (Å²) in [6.45, 7) is 7.27. The Morgan fingerprint density at radius 3 is 2.69 bits per heavy atom. The molecule has 8 heteroatoms. The first-order valence-corrected chi connectivity index (χ1v) is 11.7. The van der Waals surface area contributed by atoms with E-state index in [0.29, 0.717) is 37.9 Å². The van der Waals surface area contributed by atoms with Gasteiger partial charge in [0.25, 0.3) is 0 Å². The van der Waals surface area contributed by atoms with Crippen LogP contribution in [0.2, 0.25) is 0 Å². The number of aliphatic hydroxyl groups is 1. The molecule has 0 saturated carbocycles. The summed E-state index contributed by atoms with van der Waals surface area (Å²) < 4.78 is 32.9. The minimum atomic E-state index is -0.725. The summed E-state index contributed by atoms with van der Waals surface area (Å²) in [5, 5.41) is 15.4. The van der Waals surface area contributed by atoms with Crippen molar-refractivity contribution >= 4 is 0 Å². The number of aromatic nitrogens is 2. The third-order valence-electron chi connectivity index (χ3n) is 5.50. The highest BCUT2D eigenvalue weighted by Gasteiger charge is 2.23. The zero-order valence-corrected chi connectivity index (χ0v) is 20.2. The molecule has 0 aliphatic rings. The minimum absolute atomic E-state index is 0.176. The molecule has 0 spiro atoms. The van der Waals surface area contributed by atoms with Gasteiger partial charge < -0.3 is 19.0 Å². The maximum atomic E-state index is 13.9. The van der Waals surface area contributed by atoms with Crippen LogP contribution in [-0.2, 0) is 17.8 Å². The molecular formula is C28H30FN3O4. The van der Waals surface area contributed by atoms with Gasteiger partial charge in [-0.15, -0.1) is 6.58 Å². The molecule has 36 heavy (non-hydrogen) atoms. The first-order valence-electron chi connectivity index (χ1n) is 11.7.